The minimum Gasteiger partial charge on any atom is -0.333 e. The molecule has 1 unspecified atom stereocenters. The summed E-state index contributed by atoms with van der Waals surface area (Å²) in [5.74, 6) is -0.0186. The number of hydrogen-bond donors (Lipinski definition) is 0. The maximum absolute atomic E-state index is 13.4. The van der Waals surface area contributed by atoms with Gasteiger partial charge in [0.15, 0.2) is 0 Å². The maximum atomic E-state index is 13.4. The van der Waals surface area contributed by atoms with Crippen molar-refractivity contribution in [3.63, 3.8) is 0 Å². The fourth-order valence-electron chi connectivity index (χ4n) is 3.97. The Bertz CT molecular complexity index is 899. The molecule has 0 N–H and O–H groups in total. The van der Waals surface area contributed by atoms with Gasteiger partial charge < -0.3 is 9.80 Å². The number of thiophene rings is 1. The summed E-state index contributed by atoms with van der Waals surface area (Å²) in [5.41, 5.74) is 1.98. The molecule has 1 atom stereocenters. The summed E-state index contributed by atoms with van der Waals surface area (Å²) in [4.78, 5) is 30.7. The lowest BCUT2D eigenvalue weighted by Crippen LogP contribution is -2.47. The van der Waals surface area contributed by atoms with Gasteiger partial charge in [-0.3, -0.25) is 9.59 Å². The van der Waals surface area contributed by atoms with Crippen LogP contribution in [0.4, 0.5) is 0 Å². The Morgan fingerprint density at radius 2 is 1.97 bits per heavy atom. The third-order valence-electron chi connectivity index (χ3n) is 5.56. The molecule has 2 amide bonds. The molecular formula is C23H28Cl2N2O2S. The number of unbranched alkanes of at least 4 members (excludes halogenated alkanes) is 2. The second kappa shape index (κ2) is 10.7. The zero-order valence-electron chi connectivity index (χ0n) is 17.5. The lowest BCUT2D eigenvalue weighted by atomic mass is 9.93. The molecule has 7 heteroatoms. The molecule has 1 aromatic heterocycles. The number of halogens is 2. The van der Waals surface area contributed by atoms with E-state index in [-0.39, 0.29) is 24.4 Å². The Kier molecular flexibility index (Phi) is 8.20. The summed E-state index contributed by atoms with van der Waals surface area (Å²) < 4.78 is 0. The molecule has 1 aromatic carbocycles. The van der Waals surface area contributed by atoms with Crippen LogP contribution in [-0.4, -0.2) is 41.2 Å². The first-order valence-corrected chi connectivity index (χ1v) is 12.2. The molecule has 0 spiro atoms. The number of fused-ring (bicyclic) bond motifs is 1. The number of amides is 2. The van der Waals surface area contributed by atoms with Gasteiger partial charge in [-0.05, 0) is 47.5 Å². The average molecular weight is 467 g/mol. The number of nitrogens with zero attached hydrogens (tertiary/aromatic N) is 2. The molecular weight excluding hydrogens is 439 g/mol. The van der Waals surface area contributed by atoms with Gasteiger partial charge in [-0.15, -0.1) is 11.3 Å². The van der Waals surface area contributed by atoms with Gasteiger partial charge in [-0.1, -0.05) is 56.0 Å². The first-order chi connectivity index (χ1) is 14.5. The van der Waals surface area contributed by atoms with E-state index >= 15 is 0 Å². The normalized spacial score (nSPS) is 15.7. The van der Waals surface area contributed by atoms with Gasteiger partial charge in [0.1, 0.15) is 0 Å². The smallest absolute Gasteiger partial charge is 0.242 e. The third kappa shape index (κ3) is 5.19. The van der Waals surface area contributed by atoms with Crippen molar-refractivity contribution in [3.8, 4) is 0 Å². The van der Waals surface area contributed by atoms with Crippen LogP contribution in [0.3, 0.4) is 0 Å². The van der Waals surface area contributed by atoms with Gasteiger partial charge in [0.2, 0.25) is 11.8 Å². The standard InChI is InChI=1S/C23H28Cl2N2O2S/c1-3-5-6-11-26(21(28)4-2)15-22(29)27-12-9-20-18(10-13-30-20)23(27)17-8-7-16(24)14-19(17)25/h7-8,10,13-14,23H,3-6,9,11-12,15H2,1-2H3. The van der Waals surface area contributed by atoms with E-state index in [0.717, 1.165) is 36.8 Å². The predicted molar refractivity (Wildman–Crippen MR) is 124 cm³/mol. The number of hydrogen-bond acceptors (Lipinski definition) is 3. The minimum atomic E-state index is -0.258. The zero-order chi connectivity index (χ0) is 21.7. The highest BCUT2D eigenvalue weighted by molar-refractivity contribution is 7.10. The Morgan fingerprint density at radius 1 is 1.17 bits per heavy atom. The van der Waals surface area contributed by atoms with Crippen LogP contribution in [0.2, 0.25) is 10.0 Å². The highest BCUT2D eigenvalue weighted by atomic mass is 35.5. The van der Waals surface area contributed by atoms with E-state index in [1.54, 1.807) is 22.3 Å². The number of rotatable bonds is 8. The first-order valence-electron chi connectivity index (χ1n) is 10.5. The summed E-state index contributed by atoms with van der Waals surface area (Å²) in [6.07, 6.45) is 4.26. The second-order valence-electron chi connectivity index (χ2n) is 7.58. The summed E-state index contributed by atoms with van der Waals surface area (Å²) in [6.45, 7) is 5.31. The van der Waals surface area contributed by atoms with Crippen LogP contribution < -0.4 is 0 Å². The van der Waals surface area contributed by atoms with Gasteiger partial charge in [0.25, 0.3) is 0 Å². The van der Waals surface area contributed by atoms with E-state index in [2.05, 4.69) is 18.4 Å². The van der Waals surface area contributed by atoms with Crippen molar-refractivity contribution in [3.05, 3.63) is 55.7 Å². The summed E-state index contributed by atoms with van der Waals surface area (Å²) in [7, 11) is 0. The minimum absolute atomic E-state index is 0.0220. The van der Waals surface area contributed by atoms with Gasteiger partial charge in [-0.25, -0.2) is 0 Å². The van der Waals surface area contributed by atoms with E-state index in [9.17, 15) is 9.59 Å². The first kappa shape index (κ1) is 23.1. The molecule has 0 aliphatic carbocycles. The molecule has 0 bridgehead atoms. The van der Waals surface area contributed by atoms with Crippen molar-refractivity contribution in [1.82, 2.24) is 9.80 Å². The molecule has 2 heterocycles. The number of carbonyl (C=O) groups excluding carboxylic acids is 2. The van der Waals surface area contributed by atoms with Crippen LogP contribution >= 0.6 is 34.5 Å². The van der Waals surface area contributed by atoms with Crippen LogP contribution in [0.5, 0.6) is 0 Å². The Morgan fingerprint density at radius 3 is 2.67 bits per heavy atom. The van der Waals surface area contributed by atoms with E-state index in [4.69, 9.17) is 23.2 Å². The molecule has 1 aliphatic rings. The van der Waals surface area contributed by atoms with E-state index in [0.29, 0.717) is 29.6 Å². The van der Waals surface area contributed by atoms with Crippen LogP contribution in [0.1, 0.15) is 61.6 Å². The molecule has 30 heavy (non-hydrogen) atoms. The molecule has 3 rings (SSSR count). The Labute approximate surface area is 192 Å². The number of benzene rings is 1. The summed E-state index contributed by atoms with van der Waals surface area (Å²) in [6, 6.07) is 7.25. The molecule has 0 saturated carbocycles. The Hall–Kier alpha value is -1.56. The van der Waals surface area contributed by atoms with Crippen LogP contribution in [0.15, 0.2) is 29.6 Å². The van der Waals surface area contributed by atoms with Crippen molar-refractivity contribution in [2.24, 2.45) is 0 Å². The molecule has 0 fully saturated rings. The van der Waals surface area contributed by atoms with Crippen molar-refractivity contribution in [2.75, 3.05) is 19.6 Å². The highest BCUT2D eigenvalue weighted by Gasteiger charge is 2.34. The lowest BCUT2D eigenvalue weighted by molar-refractivity contribution is -0.141. The highest BCUT2D eigenvalue weighted by Crippen LogP contribution is 2.41. The fourth-order valence-corrected chi connectivity index (χ4v) is 5.38. The van der Waals surface area contributed by atoms with Crippen molar-refractivity contribution in [2.45, 2.75) is 52.0 Å². The number of carbonyl (C=O) groups is 2. The van der Waals surface area contributed by atoms with E-state index in [1.807, 2.05) is 24.0 Å². The van der Waals surface area contributed by atoms with Gasteiger partial charge in [0.05, 0.1) is 12.6 Å². The van der Waals surface area contributed by atoms with Gasteiger partial charge in [-0.2, -0.15) is 0 Å². The summed E-state index contributed by atoms with van der Waals surface area (Å²) in [5, 5.41) is 3.18. The monoisotopic (exact) mass is 466 g/mol. The topological polar surface area (TPSA) is 40.6 Å². The molecule has 2 aromatic rings. The molecule has 162 valence electrons. The van der Waals surface area contributed by atoms with Crippen molar-refractivity contribution in [1.29, 1.82) is 0 Å². The fraction of sp³-hybridized carbons (Fsp3) is 0.478. The zero-order valence-corrected chi connectivity index (χ0v) is 19.8. The van der Waals surface area contributed by atoms with Crippen LogP contribution in [0.25, 0.3) is 0 Å². The van der Waals surface area contributed by atoms with E-state index in [1.165, 1.54) is 4.88 Å². The van der Waals surface area contributed by atoms with Crippen molar-refractivity contribution >= 4 is 46.4 Å². The van der Waals surface area contributed by atoms with Crippen LogP contribution in [0, 0.1) is 0 Å². The lowest BCUT2D eigenvalue weighted by Gasteiger charge is -2.38. The van der Waals surface area contributed by atoms with Gasteiger partial charge >= 0.3 is 0 Å². The Balaban J connectivity index is 1.88. The molecule has 1 aliphatic heterocycles. The van der Waals surface area contributed by atoms with Gasteiger partial charge in [0, 0.05) is 34.4 Å². The SMILES string of the molecule is CCCCCN(CC(=O)N1CCc2sccc2C1c1ccc(Cl)cc1Cl)C(=O)CC. The maximum Gasteiger partial charge on any atom is 0.242 e. The predicted octanol–water partition coefficient (Wildman–Crippen LogP) is 5.96. The van der Waals surface area contributed by atoms with Crippen LogP contribution in [-0.2, 0) is 16.0 Å². The largest absolute Gasteiger partial charge is 0.333 e. The van der Waals surface area contributed by atoms with E-state index < -0.39 is 0 Å². The third-order valence-corrected chi connectivity index (χ3v) is 7.12. The van der Waals surface area contributed by atoms with Crippen molar-refractivity contribution < 1.29 is 9.59 Å². The second-order valence-corrected chi connectivity index (χ2v) is 9.42. The molecule has 0 radical (unpaired) electrons. The summed E-state index contributed by atoms with van der Waals surface area (Å²) >= 11 is 14.4. The molecule has 4 nitrogen and oxygen atoms in total. The average Bonchev–Trinajstić information content (AvgIpc) is 3.21. The quantitative estimate of drug-likeness (QED) is 0.450. The molecule has 0 saturated heterocycles.